The van der Waals surface area contributed by atoms with Crippen LogP contribution in [-0.2, 0) is 0 Å². The first-order chi connectivity index (χ1) is 7.88. The number of ether oxygens (including phenoxy) is 2. The van der Waals surface area contributed by atoms with Crippen LogP contribution in [0.15, 0.2) is 18.2 Å². The van der Waals surface area contributed by atoms with E-state index in [9.17, 15) is 0 Å². The fourth-order valence-electron chi connectivity index (χ4n) is 2.09. The minimum Gasteiger partial charge on any atom is -0.486 e. The molecule has 2 unspecified atom stereocenters. The van der Waals surface area contributed by atoms with Gasteiger partial charge in [-0.05, 0) is 24.7 Å². The van der Waals surface area contributed by atoms with Gasteiger partial charge in [-0.2, -0.15) is 11.8 Å². The van der Waals surface area contributed by atoms with Crippen molar-refractivity contribution in [3.05, 3.63) is 23.8 Å². The Kier molecular flexibility index (Phi) is 2.69. The molecule has 16 heavy (non-hydrogen) atoms. The minimum atomic E-state index is 0.556. The van der Waals surface area contributed by atoms with Crippen LogP contribution >= 0.6 is 11.8 Å². The standard InChI is InChI=1S/C12H15NO2S/c1-13-9-7-16-12(9)8-2-3-10-11(6-8)15-5-4-14-10/h2-3,6,9,12-13H,4-5,7H2,1H3. The molecule has 0 aromatic heterocycles. The zero-order valence-corrected chi connectivity index (χ0v) is 10.0. The van der Waals surface area contributed by atoms with E-state index in [1.807, 2.05) is 24.9 Å². The summed E-state index contributed by atoms with van der Waals surface area (Å²) in [5, 5.41) is 3.89. The van der Waals surface area contributed by atoms with E-state index in [-0.39, 0.29) is 0 Å². The monoisotopic (exact) mass is 237 g/mol. The van der Waals surface area contributed by atoms with Crippen LogP contribution in [0.2, 0.25) is 0 Å². The zero-order valence-electron chi connectivity index (χ0n) is 9.23. The lowest BCUT2D eigenvalue weighted by Gasteiger charge is -2.36. The van der Waals surface area contributed by atoms with Gasteiger partial charge in [0.15, 0.2) is 11.5 Å². The Bertz CT molecular complexity index is 395. The lowest BCUT2D eigenvalue weighted by atomic mass is 10.0. The third-order valence-electron chi connectivity index (χ3n) is 3.09. The molecule has 2 atom stereocenters. The Morgan fingerprint density at radius 3 is 2.75 bits per heavy atom. The summed E-state index contributed by atoms with van der Waals surface area (Å²) < 4.78 is 11.1. The Hall–Kier alpha value is -0.870. The van der Waals surface area contributed by atoms with Crippen LogP contribution in [0, 0.1) is 0 Å². The highest BCUT2D eigenvalue weighted by molar-refractivity contribution is 8.01. The third kappa shape index (κ3) is 1.66. The van der Waals surface area contributed by atoms with Crippen LogP contribution in [0.5, 0.6) is 11.5 Å². The second kappa shape index (κ2) is 4.18. The van der Waals surface area contributed by atoms with Gasteiger partial charge >= 0.3 is 0 Å². The van der Waals surface area contributed by atoms with Crippen LogP contribution in [0.25, 0.3) is 0 Å². The molecule has 0 amide bonds. The van der Waals surface area contributed by atoms with Gasteiger partial charge in [-0.25, -0.2) is 0 Å². The van der Waals surface area contributed by atoms with Gasteiger partial charge in [-0.3, -0.25) is 0 Å². The molecule has 3 rings (SSSR count). The van der Waals surface area contributed by atoms with E-state index in [4.69, 9.17) is 9.47 Å². The van der Waals surface area contributed by atoms with Gasteiger partial charge in [-0.1, -0.05) is 6.07 Å². The average Bonchev–Trinajstić information content (AvgIpc) is 2.28. The lowest BCUT2D eigenvalue weighted by Crippen LogP contribution is -2.40. The van der Waals surface area contributed by atoms with Crippen molar-refractivity contribution in [1.82, 2.24) is 5.32 Å². The van der Waals surface area contributed by atoms with Crippen LogP contribution in [0.3, 0.4) is 0 Å². The molecule has 0 saturated carbocycles. The summed E-state index contributed by atoms with van der Waals surface area (Å²) in [4.78, 5) is 0. The van der Waals surface area contributed by atoms with Gasteiger partial charge in [0, 0.05) is 17.0 Å². The van der Waals surface area contributed by atoms with E-state index in [0.29, 0.717) is 24.5 Å². The SMILES string of the molecule is CNC1CSC1c1ccc2c(c1)OCCO2. The molecule has 2 aliphatic heterocycles. The highest BCUT2D eigenvalue weighted by Crippen LogP contribution is 2.45. The Morgan fingerprint density at radius 2 is 2.06 bits per heavy atom. The number of thioether (sulfide) groups is 1. The van der Waals surface area contributed by atoms with E-state index in [2.05, 4.69) is 17.4 Å². The largest absolute Gasteiger partial charge is 0.486 e. The van der Waals surface area contributed by atoms with Crippen molar-refractivity contribution in [3.63, 3.8) is 0 Å². The number of likely N-dealkylation sites (N-methyl/N-ethyl adjacent to an activating group) is 1. The molecule has 4 heteroatoms. The smallest absolute Gasteiger partial charge is 0.161 e. The molecule has 2 heterocycles. The summed E-state index contributed by atoms with van der Waals surface area (Å²) in [6, 6.07) is 6.88. The first-order valence-electron chi connectivity index (χ1n) is 5.57. The second-order valence-corrected chi connectivity index (χ2v) is 5.23. The van der Waals surface area contributed by atoms with E-state index in [0.717, 1.165) is 11.5 Å². The summed E-state index contributed by atoms with van der Waals surface area (Å²) in [7, 11) is 2.02. The van der Waals surface area contributed by atoms with Crippen LogP contribution in [-0.4, -0.2) is 32.1 Å². The minimum absolute atomic E-state index is 0.556. The fraction of sp³-hybridized carbons (Fsp3) is 0.500. The number of nitrogens with one attached hydrogen (secondary N) is 1. The number of fused-ring (bicyclic) bond motifs is 1. The second-order valence-electron chi connectivity index (χ2n) is 4.05. The highest BCUT2D eigenvalue weighted by Gasteiger charge is 2.32. The maximum atomic E-state index is 5.60. The van der Waals surface area contributed by atoms with Crippen molar-refractivity contribution in [2.75, 3.05) is 26.0 Å². The molecular formula is C12H15NO2S. The van der Waals surface area contributed by atoms with Gasteiger partial charge in [-0.15, -0.1) is 0 Å². The molecule has 1 saturated heterocycles. The number of hydrogen-bond donors (Lipinski definition) is 1. The Morgan fingerprint density at radius 1 is 1.25 bits per heavy atom. The molecule has 0 radical (unpaired) electrons. The molecule has 1 aromatic carbocycles. The normalized spacial score (nSPS) is 27.3. The van der Waals surface area contributed by atoms with Crippen molar-refractivity contribution in [2.24, 2.45) is 0 Å². The van der Waals surface area contributed by atoms with E-state index in [1.54, 1.807) is 0 Å². The number of rotatable bonds is 2. The van der Waals surface area contributed by atoms with Crippen LogP contribution < -0.4 is 14.8 Å². The first-order valence-corrected chi connectivity index (χ1v) is 6.62. The topological polar surface area (TPSA) is 30.5 Å². The number of hydrogen-bond acceptors (Lipinski definition) is 4. The molecule has 0 bridgehead atoms. The van der Waals surface area contributed by atoms with Crippen molar-refractivity contribution in [1.29, 1.82) is 0 Å². The Labute approximate surface area is 99.5 Å². The molecule has 2 aliphatic rings. The summed E-state index contributed by atoms with van der Waals surface area (Å²) in [6.45, 7) is 1.31. The molecule has 1 aromatic rings. The predicted molar refractivity (Wildman–Crippen MR) is 65.5 cm³/mol. The van der Waals surface area contributed by atoms with Gasteiger partial charge in [0.25, 0.3) is 0 Å². The first kappa shape index (κ1) is 10.3. The van der Waals surface area contributed by atoms with Crippen LogP contribution in [0.1, 0.15) is 10.8 Å². The maximum Gasteiger partial charge on any atom is 0.161 e. The Balaban J connectivity index is 1.85. The van der Waals surface area contributed by atoms with E-state index in [1.165, 1.54) is 11.3 Å². The van der Waals surface area contributed by atoms with Crippen molar-refractivity contribution in [3.8, 4) is 11.5 Å². The van der Waals surface area contributed by atoms with Gasteiger partial charge in [0.2, 0.25) is 0 Å². The molecule has 3 nitrogen and oxygen atoms in total. The molecule has 0 aliphatic carbocycles. The van der Waals surface area contributed by atoms with Crippen molar-refractivity contribution in [2.45, 2.75) is 11.3 Å². The molecule has 86 valence electrons. The molecule has 1 N–H and O–H groups in total. The highest BCUT2D eigenvalue weighted by atomic mass is 32.2. The predicted octanol–water partition coefficient (Wildman–Crippen LogP) is 1.83. The summed E-state index contributed by atoms with van der Waals surface area (Å²) in [5.41, 5.74) is 1.33. The zero-order chi connectivity index (χ0) is 11.0. The molecule has 0 spiro atoms. The van der Waals surface area contributed by atoms with Gasteiger partial charge in [0.1, 0.15) is 13.2 Å². The van der Waals surface area contributed by atoms with Crippen molar-refractivity contribution >= 4 is 11.8 Å². The lowest BCUT2D eigenvalue weighted by molar-refractivity contribution is 0.171. The van der Waals surface area contributed by atoms with Crippen LogP contribution in [0.4, 0.5) is 0 Å². The maximum absolute atomic E-state index is 5.60. The summed E-state index contributed by atoms with van der Waals surface area (Å²) in [6.07, 6.45) is 0. The van der Waals surface area contributed by atoms with Crippen molar-refractivity contribution < 1.29 is 9.47 Å². The molecule has 1 fully saturated rings. The average molecular weight is 237 g/mol. The third-order valence-corrected chi connectivity index (χ3v) is 4.60. The van der Waals surface area contributed by atoms with E-state index < -0.39 is 0 Å². The van der Waals surface area contributed by atoms with E-state index >= 15 is 0 Å². The fourth-order valence-corrected chi connectivity index (χ4v) is 3.31. The van der Waals surface area contributed by atoms with Gasteiger partial charge < -0.3 is 14.8 Å². The summed E-state index contributed by atoms with van der Waals surface area (Å²) >= 11 is 1.98. The quantitative estimate of drug-likeness (QED) is 0.850. The van der Waals surface area contributed by atoms with Gasteiger partial charge in [0.05, 0.1) is 0 Å². The summed E-state index contributed by atoms with van der Waals surface area (Å²) in [5.74, 6) is 2.96. The number of benzene rings is 1. The molecular weight excluding hydrogens is 222 g/mol.